The van der Waals surface area contributed by atoms with Crippen LogP contribution in [0.25, 0.3) is 0 Å². The van der Waals surface area contributed by atoms with E-state index in [0.717, 1.165) is 17.0 Å². The van der Waals surface area contributed by atoms with Crippen molar-refractivity contribution in [3.05, 3.63) is 41.6 Å². The first-order valence-electron chi connectivity index (χ1n) is 5.30. The summed E-state index contributed by atoms with van der Waals surface area (Å²) in [5, 5.41) is 3.30. The maximum absolute atomic E-state index is 11.5. The van der Waals surface area contributed by atoms with Gasteiger partial charge in [0, 0.05) is 12.1 Å². The van der Waals surface area contributed by atoms with Gasteiger partial charge in [-0.1, -0.05) is 12.1 Å². The molecule has 1 unspecified atom stereocenters. The average molecular weight is 217 g/mol. The molecule has 0 radical (unpaired) electrons. The monoisotopic (exact) mass is 217 g/mol. The van der Waals surface area contributed by atoms with Gasteiger partial charge in [0.05, 0.1) is 13.2 Å². The molecule has 1 aromatic rings. The highest BCUT2D eigenvalue weighted by molar-refractivity contribution is 5.91. The Hall–Kier alpha value is -1.77. The van der Waals surface area contributed by atoms with E-state index in [2.05, 4.69) is 5.32 Å². The zero-order valence-corrected chi connectivity index (χ0v) is 9.49. The largest absolute Gasteiger partial charge is 0.497 e. The first-order chi connectivity index (χ1) is 7.69. The third-order valence-electron chi connectivity index (χ3n) is 2.68. The number of nitrogens with one attached hydrogen (secondary N) is 1. The van der Waals surface area contributed by atoms with Crippen molar-refractivity contribution in [1.29, 1.82) is 0 Å². The van der Waals surface area contributed by atoms with Crippen LogP contribution in [-0.4, -0.2) is 12.9 Å². The maximum Gasteiger partial charge on any atom is 0.159 e. The molecule has 0 bridgehead atoms. The van der Waals surface area contributed by atoms with Crippen molar-refractivity contribution in [2.45, 2.75) is 19.4 Å². The fourth-order valence-electron chi connectivity index (χ4n) is 1.93. The van der Waals surface area contributed by atoms with Crippen molar-refractivity contribution in [2.24, 2.45) is 0 Å². The lowest BCUT2D eigenvalue weighted by Gasteiger charge is -2.23. The second-order valence-corrected chi connectivity index (χ2v) is 3.97. The number of hydrogen-bond acceptors (Lipinski definition) is 3. The van der Waals surface area contributed by atoms with Crippen LogP contribution < -0.4 is 10.1 Å². The second kappa shape index (κ2) is 4.39. The van der Waals surface area contributed by atoms with Gasteiger partial charge in [0.2, 0.25) is 0 Å². The highest BCUT2D eigenvalue weighted by Gasteiger charge is 2.19. The molecule has 1 N–H and O–H groups in total. The first-order valence-corrected chi connectivity index (χ1v) is 5.30. The van der Waals surface area contributed by atoms with Gasteiger partial charge in [0.25, 0.3) is 0 Å². The van der Waals surface area contributed by atoms with E-state index in [1.165, 1.54) is 0 Å². The van der Waals surface area contributed by atoms with Crippen molar-refractivity contribution in [1.82, 2.24) is 5.32 Å². The van der Waals surface area contributed by atoms with E-state index in [1.807, 2.05) is 31.2 Å². The van der Waals surface area contributed by atoms with Gasteiger partial charge in [-0.3, -0.25) is 4.79 Å². The van der Waals surface area contributed by atoms with Gasteiger partial charge in [-0.2, -0.15) is 0 Å². The Morgan fingerprint density at radius 1 is 1.44 bits per heavy atom. The number of allylic oxidation sites excluding steroid dienone is 2. The topological polar surface area (TPSA) is 38.3 Å². The van der Waals surface area contributed by atoms with E-state index in [-0.39, 0.29) is 11.8 Å². The van der Waals surface area contributed by atoms with Crippen LogP contribution in [0, 0.1) is 0 Å². The van der Waals surface area contributed by atoms with E-state index in [9.17, 15) is 4.79 Å². The van der Waals surface area contributed by atoms with Crippen LogP contribution in [0.3, 0.4) is 0 Å². The number of rotatable bonds is 2. The summed E-state index contributed by atoms with van der Waals surface area (Å²) in [6.07, 6.45) is 2.15. The maximum atomic E-state index is 11.5. The summed E-state index contributed by atoms with van der Waals surface area (Å²) in [6, 6.07) is 7.87. The highest BCUT2D eigenvalue weighted by atomic mass is 16.5. The Bertz CT molecular complexity index is 437. The van der Waals surface area contributed by atoms with Gasteiger partial charge < -0.3 is 10.1 Å². The van der Waals surface area contributed by atoms with Crippen LogP contribution in [0.5, 0.6) is 5.75 Å². The Morgan fingerprint density at radius 2 is 2.25 bits per heavy atom. The fraction of sp³-hybridized carbons (Fsp3) is 0.308. The van der Waals surface area contributed by atoms with Crippen LogP contribution >= 0.6 is 0 Å². The highest BCUT2D eigenvalue weighted by Crippen LogP contribution is 2.25. The van der Waals surface area contributed by atoms with Crippen molar-refractivity contribution < 1.29 is 9.53 Å². The molecule has 3 nitrogen and oxygen atoms in total. The van der Waals surface area contributed by atoms with Crippen molar-refractivity contribution in [3.63, 3.8) is 0 Å². The van der Waals surface area contributed by atoms with Gasteiger partial charge >= 0.3 is 0 Å². The van der Waals surface area contributed by atoms with E-state index in [1.54, 1.807) is 13.2 Å². The molecule has 1 atom stereocenters. The van der Waals surface area contributed by atoms with E-state index in [0.29, 0.717) is 6.42 Å². The lowest BCUT2D eigenvalue weighted by atomic mass is 9.97. The molecule has 1 aliphatic rings. The average Bonchev–Trinajstić information content (AvgIpc) is 2.28. The molecule has 0 amide bonds. The Labute approximate surface area is 95.1 Å². The number of hydrogen-bond donors (Lipinski definition) is 1. The summed E-state index contributed by atoms with van der Waals surface area (Å²) in [5.74, 6) is 0.989. The van der Waals surface area contributed by atoms with E-state index >= 15 is 0 Å². The zero-order valence-electron chi connectivity index (χ0n) is 9.49. The minimum absolute atomic E-state index is 0.0626. The molecular weight excluding hydrogens is 202 g/mol. The normalized spacial score (nSPS) is 20.0. The Kier molecular flexibility index (Phi) is 2.95. The number of methoxy groups -OCH3 is 1. The second-order valence-electron chi connectivity index (χ2n) is 3.97. The molecule has 2 rings (SSSR count). The Balaban J connectivity index is 2.24. The van der Waals surface area contributed by atoms with Crippen molar-refractivity contribution in [3.8, 4) is 5.75 Å². The zero-order chi connectivity index (χ0) is 11.5. The molecule has 0 spiro atoms. The molecule has 0 aliphatic carbocycles. The molecular formula is C13H15NO2. The molecule has 1 aliphatic heterocycles. The number of ether oxygens (including phenoxy) is 1. The summed E-state index contributed by atoms with van der Waals surface area (Å²) < 4.78 is 5.17. The van der Waals surface area contributed by atoms with Crippen molar-refractivity contribution >= 4 is 5.78 Å². The van der Waals surface area contributed by atoms with Gasteiger partial charge in [-0.15, -0.1) is 0 Å². The van der Waals surface area contributed by atoms with Gasteiger partial charge in [-0.05, 0) is 30.7 Å². The van der Waals surface area contributed by atoms with Gasteiger partial charge in [0.1, 0.15) is 5.75 Å². The van der Waals surface area contributed by atoms with Crippen LogP contribution in [0.15, 0.2) is 36.0 Å². The molecule has 0 saturated carbocycles. The summed E-state index contributed by atoms with van der Waals surface area (Å²) in [5.41, 5.74) is 2.00. The third-order valence-corrected chi connectivity index (χ3v) is 2.68. The minimum Gasteiger partial charge on any atom is -0.497 e. The van der Waals surface area contributed by atoms with Crippen molar-refractivity contribution in [2.75, 3.05) is 7.11 Å². The van der Waals surface area contributed by atoms with Crippen LogP contribution in [-0.2, 0) is 4.79 Å². The Morgan fingerprint density at radius 3 is 2.94 bits per heavy atom. The van der Waals surface area contributed by atoms with Crippen LogP contribution in [0.2, 0.25) is 0 Å². The summed E-state index contributed by atoms with van der Waals surface area (Å²) >= 11 is 0. The lowest BCUT2D eigenvalue weighted by molar-refractivity contribution is -0.115. The first kappa shape index (κ1) is 10.7. The molecule has 1 heterocycles. The third kappa shape index (κ3) is 2.24. The molecule has 0 aromatic heterocycles. The van der Waals surface area contributed by atoms with Gasteiger partial charge in [0.15, 0.2) is 5.78 Å². The summed E-state index contributed by atoms with van der Waals surface area (Å²) in [7, 11) is 1.64. The molecule has 0 fully saturated rings. The molecule has 1 aromatic carbocycles. The quantitative estimate of drug-likeness (QED) is 0.825. The SMILES string of the molecule is COc1cccc(C2CC(=O)C=C(C)N2)c1. The molecule has 0 saturated heterocycles. The summed E-state index contributed by atoms with van der Waals surface area (Å²) in [6.45, 7) is 1.91. The van der Waals surface area contributed by atoms with Crippen LogP contribution in [0.4, 0.5) is 0 Å². The summed E-state index contributed by atoms with van der Waals surface area (Å²) in [4.78, 5) is 11.5. The molecule has 84 valence electrons. The number of ketones is 1. The van der Waals surface area contributed by atoms with E-state index < -0.39 is 0 Å². The molecule has 16 heavy (non-hydrogen) atoms. The number of benzene rings is 1. The predicted molar refractivity (Wildman–Crippen MR) is 62.3 cm³/mol. The molecule has 3 heteroatoms. The van der Waals surface area contributed by atoms with Crippen LogP contribution in [0.1, 0.15) is 24.9 Å². The minimum atomic E-state index is 0.0626. The number of carbonyl (C=O) groups is 1. The standard InChI is InChI=1S/C13H15NO2/c1-9-6-11(15)8-13(14-9)10-4-3-5-12(7-10)16-2/h3-7,13-14H,8H2,1-2H3. The predicted octanol–water partition coefficient (Wildman–Crippen LogP) is 2.20. The smallest absolute Gasteiger partial charge is 0.159 e. The number of carbonyl (C=O) groups excluding carboxylic acids is 1. The fourth-order valence-corrected chi connectivity index (χ4v) is 1.93. The lowest BCUT2D eigenvalue weighted by Crippen LogP contribution is -2.26. The van der Waals surface area contributed by atoms with Gasteiger partial charge in [-0.25, -0.2) is 0 Å². The van der Waals surface area contributed by atoms with E-state index in [4.69, 9.17) is 4.74 Å².